The molecule has 0 saturated heterocycles. The number of carbonyl (C=O) groups is 1. The lowest BCUT2D eigenvalue weighted by atomic mass is 10.1. The number of hydrogen-bond acceptors (Lipinski definition) is 5. The number of benzene rings is 2. The summed E-state index contributed by atoms with van der Waals surface area (Å²) in [6, 6.07) is 11.5. The topological polar surface area (TPSA) is 69.0 Å². The van der Waals surface area contributed by atoms with Crippen molar-refractivity contribution >= 4 is 35.0 Å². The third-order valence-corrected chi connectivity index (χ3v) is 5.68. The zero-order valence-electron chi connectivity index (χ0n) is 17.8. The van der Waals surface area contributed by atoms with Gasteiger partial charge in [0.2, 0.25) is 5.91 Å². The van der Waals surface area contributed by atoms with E-state index in [1.54, 1.807) is 18.2 Å². The molecule has 0 bridgehead atoms. The highest BCUT2D eigenvalue weighted by molar-refractivity contribution is 7.99. The normalized spacial score (nSPS) is 10.7. The molecule has 0 aliphatic rings. The van der Waals surface area contributed by atoms with Gasteiger partial charge in [-0.15, -0.1) is 16.8 Å². The lowest BCUT2D eigenvalue weighted by Crippen LogP contribution is -2.15. The Hall–Kier alpha value is -2.77. The van der Waals surface area contributed by atoms with Gasteiger partial charge >= 0.3 is 0 Å². The number of allylic oxidation sites excluding steroid dienone is 1. The van der Waals surface area contributed by atoms with Gasteiger partial charge in [0.1, 0.15) is 12.4 Å². The number of rotatable bonds is 9. The van der Waals surface area contributed by atoms with Gasteiger partial charge in [-0.1, -0.05) is 41.6 Å². The van der Waals surface area contributed by atoms with Crippen LogP contribution in [-0.4, -0.2) is 26.4 Å². The van der Waals surface area contributed by atoms with Gasteiger partial charge in [-0.05, 0) is 61.7 Å². The van der Waals surface area contributed by atoms with E-state index in [2.05, 4.69) is 28.2 Å². The van der Waals surface area contributed by atoms with Crippen molar-refractivity contribution < 1.29 is 9.53 Å². The monoisotopic (exact) mass is 456 g/mol. The first-order valence-electron chi connectivity index (χ1n) is 9.78. The summed E-state index contributed by atoms with van der Waals surface area (Å²) >= 11 is 7.34. The molecule has 8 heteroatoms. The summed E-state index contributed by atoms with van der Waals surface area (Å²) in [7, 11) is 0. The summed E-state index contributed by atoms with van der Waals surface area (Å²) in [5, 5.41) is 12.6. The quantitative estimate of drug-likeness (QED) is 0.347. The highest BCUT2D eigenvalue weighted by Gasteiger charge is 2.15. The predicted octanol–water partition coefficient (Wildman–Crippen LogP) is 5.35. The molecule has 0 saturated carbocycles. The van der Waals surface area contributed by atoms with E-state index in [0.29, 0.717) is 28.2 Å². The van der Waals surface area contributed by atoms with E-state index in [1.165, 1.54) is 11.8 Å². The van der Waals surface area contributed by atoms with E-state index in [0.717, 1.165) is 22.4 Å². The first-order chi connectivity index (χ1) is 14.9. The first kappa shape index (κ1) is 22.9. The SMILES string of the molecule is C=CCn1c(COc2cc(C)cc(C)c2)nnc1SCC(=O)Nc1cc(Cl)ccc1C. The molecule has 1 N–H and O–H groups in total. The van der Waals surface area contributed by atoms with E-state index in [4.69, 9.17) is 16.3 Å². The maximum absolute atomic E-state index is 12.4. The third kappa shape index (κ3) is 6.35. The first-order valence-corrected chi connectivity index (χ1v) is 11.1. The number of ether oxygens (including phenoxy) is 1. The van der Waals surface area contributed by atoms with Gasteiger partial charge in [0.15, 0.2) is 11.0 Å². The standard InChI is InChI=1S/C23H25ClN4O2S/c1-5-8-28-21(13-30-19-10-15(2)9-16(3)11-19)26-27-23(28)31-14-22(29)25-20-12-18(24)7-6-17(20)4/h5-7,9-12H,1,8,13-14H2,2-4H3,(H,25,29). The Morgan fingerprint density at radius 3 is 2.65 bits per heavy atom. The van der Waals surface area contributed by atoms with Gasteiger partial charge in [-0.2, -0.15) is 0 Å². The van der Waals surface area contributed by atoms with E-state index in [1.807, 2.05) is 43.5 Å². The number of amides is 1. The number of nitrogens with zero attached hydrogens (tertiary/aromatic N) is 3. The molecule has 1 amide bonds. The Morgan fingerprint density at radius 2 is 1.94 bits per heavy atom. The Bertz CT molecular complexity index is 1080. The lowest BCUT2D eigenvalue weighted by Gasteiger charge is -2.11. The molecular weight excluding hydrogens is 432 g/mol. The fourth-order valence-electron chi connectivity index (χ4n) is 3.05. The van der Waals surface area contributed by atoms with Gasteiger partial charge < -0.3 is 10.1 Å². The average Bonchev–Trinajstić information content (AvgIpc) is 3.09. The molecule has 0 spiro atoms. The van der Waals surface area contributed by atoms with Crippen molar-refractivity contribution in [2.24, 2.45) is 0 Å². The van der Waals surface area contributed by atoms with Crippen LogP contribution in [0.25, 0.3) is 0 Å². The van der Waals surface area contributed by atoms with E-state index >= 15 is 0 Å². The number of nitrogens with one attached hydrogen (secondary N) is 1. The number of thioether (sulfide) groups is 1. The molecule has 3 aromatic rings. The number of aromatic nitrogens is 3. The van der Waals surface area contributed by atoms with Crippen molar-refractivity contribution in [1.29, 1.82) is 0 Å². The van der Waals surface area contributed by atoms with E-state index in [-0.39, 0.29) is 18.3 Å². The summed E-state index contributed by atoms with van der Waals surface area (Å²) in [5.41, 5.74) is 3.93. The van der Waals surface area contributed by atoms with Crippen LogP contribution in [0.15, 0.2) is 54.2 Å². The molecule has 0 radical (unpaired) electrons. The predicted molar refractivity (Wildman–Crippen MR) is 126 cm³/mol. The molecular formula is C23H25ClN4O2S. The maximum atomic E-state index is 12.4. The van der Waals surface area contributed by atoms with Crippen LogP contribution in [-0.2, 0) is 17.9 Å². The summed E-state index contributed by atoms with van der Waals surface area (Å²) in [6.45, 7) is 10.6. The fraction of sp³-hybridized carbons (Fsp3) is 0.261. The minimum Gasteiger partial charge on any atom is -0.486 e. The number of hydrogen-bond donors (Lipinski definition) is 1. The van der Waals surface area contributed by atoms with Crippen LogP contribution in [0.5, 0.6) is 5.75 Å². The Labute approximate surface area is 191 Å². The molecule has 0 atom stereocenters. The van der Waals surface area contributed by atoms with Gasteiger partial charge in [0.05, 0.1) is 5.75 Å². The van der Waals surface area contributed by atoms with E-state index < -0.39 is 0 Å². The molecule has 6 nitrogen and oxygen atoms in total. The number of anilines is 1. The van der Waals surface area contributed by atoms with Crippen molar-refractivity contribution in [1.82, 2.24) is 14.8 Å². The van der Waals surface area contributed by atoms with Crippen LogP contribution in [0.2, 0.25) is 5.02 Å². The second kappa shape index (κ2) is 10.5. The number of aryl methyl sites for hydroxylation is 3. The summed E-state index contributed by atoms with van der Waals surface area (Å²) in [5.74, 6) is 1.51. The van der Waals surface area contributed by atoms with Crippen molar-refractivity contribution in [3.8, 4) is 5.75 Å². The number of carbonyl (C=O) groups excluding carboxylic acids is 1. The van der Waals surface area contributed by atoms with Crippen LogP contribution in [0.3, 0.4) is 0 Å². The molecule has 3 rings (SSSR count). The highest BCUT2D eigenvalue weighted by atomic mass is 35.5. The summed E-state index contributed by atoms with van der Waals surface area (Å²) < 4.78 is 7.83. The van der Waals surface area contributed by atoms with Crippen LogP contribution in [0.4, 0.5) is 5.69 Å². The van der Waals surface area contributed by atoms with Gasteiger partial charge in [-0.3, -0.25) is 9.36 Å². The Balaban J connectivity index is 1.64. The maximum Gasteiger partial charge on any atom is 0.234 e. The minimum absolute atomic E-state index is 0.142. The average molecular weight is 457 g/mol. The second-order valence-corrected chi connectivity index (χ2v) is 8.59. The van der Waals surface area contributed by atoms with Crippen LogP contribution in [0.1, 0.15) is 22.5 Å². The third-order valence-electron chi connectivity index (χ3n) is 4.47. The van der Waals surface area contributed by atoms with Gasteiger partial charge in [0.25, 0.3) is 0 Å². The van der Waals surface area contributed by atoms with Crippen LogP contribution in [0, 0.1) is 20.8 Å². The second-order valence-electron chi connectivity index (χ2n) is 7.21. The smallest absolute Gasteiger partial charge is 0.234 e. The fourth-order valence-corrected chi connectivity index (χ4v) is 3.99. The Kier molecular flexibility index (Phi) is 7.76. The zero-order chi connectivity index (χ0) is 22.4. The van der Waals surface area contributed by atoms with Crippen molar-refractivity contribution in [2.75, 3.05) is 11.1 Å². The van der Waals surface area contributed by atoms with Gasteiger partial charge in [-0.25, -0.2) is 0 Å². The molecule has 1 aromatic heterocycles. The largest absolute Gasteiger partial charge is 0.486 e. The molecule has 31 heavy (non-hydrogen) atoms. The van der Waals surface area contributed by atoms with Crippen LogP contribution < -0.4 is 10.1 Å². The molecule has 0 unspecified atom stereocenters. The lowest BCUT2D eigenvalue weighted by molar-refractivity contribution is -0.113. The molecule has 0 fully saturated rings. The molecule has 1 heterocycles. The highest BCUT2D eigenvalue weighted by Crippen LogP contribution is 2.23. The van der Waals surface area contributed by atoms with Crippen molar-refractivity contribution in [2.45, 2.75) is 39.1 Å². The van der Waals surface area contributed by atoms with Crippen molar-refractivity contribution in [3.05, 3.63) is 76.6 Å². The molecule has 2 aromatic carbocycles. The zero-order valence-corrected chi connectivity index (χ0v) is 19.4. The Morgan fingerprint density at radius 1 is 1.19 bits per heavy atom. The van der Waals surface area contributed by atoms with E-state index in [9.17, 15) is 4.79 Å². The van der Waals surface area contributed by atoms with Gasteiger partial charge in [0, 0.05) is 17.3 Å². The minimum atomic E-state index is -0.142. The number of halogens is 1. The van der Waals surface area contributed by atoms with Crippen molar-refractivity contribution in [3.63, 3.8) is 0 Å². The molecule has 0 aliphatic heterocycles. The van der Waals surface area contributed by atoms with Crippen LogP contribution >= 0.6 is 23.4 Å². The molecule has 0 aliphatic carbocycles. The summed E-state index contributed by atoms with van der Waals surface area (Å²) in [6.07, 6.45) is 1.77. The summed E-state index contributed by atoms with van der Waals surface area (Å²) in [4.78, 5) is 12.4. The molecule has 162 valence electrons.